The molecule has 0 heterocycles. The summed E-state index contributed by atoms with van der Waals surface area (Å²) in [6.07, 6.45) is 0.279. The van der Waals surface area contributed by atoms with Gasteiger partial charge in [0.15, 0.2) is 0 Å². The van der Waals surface area contributed by atoms with Crippen LogP contribution in [0.2, 0.25) is 0 Å². The minimum absolute atomic E-state index is 0.250. The topological polar surface area (TPSA) is 38.7 Å². The molecule has 0 aliphatic carbocycles. The van der Waals surface area contributed by atoms with Gasteiger partial charge in [0.25, 0.3) is 0 Å². The Kier molecular flexibility index (Phi) is 5.78. The maximum Gasteiger partial charge on any atom is 0.119 e. The number of ether oxygens (including phenoxy) is 2. The van der Waals surface area contributed by atoms with Crippen LogP contribution in [0.1, 0.15) is 22.8 Å². The molecule has 2 aromatic carbocycles. The number of hydrogen-bond donors (Lipinski definition) is 1. The van der Waals surface area contributed by atoms with Gasteiger partial charge in [-0.25, -0.2) is 0 Å². The van der Waals surface area contributed by atoms with Gasteiger partial charge >= 0.3 is 0 Å². The molecule has 0 bridgehead atoms. The van der Waals surface area contributed by atoms with E-state index in [1.807, 2.05) is 55.5 Å². The Hall–Kier alpha value is -1.84. The first kappa shape index (κ1) is 15.5. The van der Waals surface area contributed by atoms with Crippen LogP contribution in [0.4, 0.5) is 0 Å². The van der Waals surface area contributed by atoms with Gasteiger partial charge in [0.05, 0.1) is 6.61 Å². The molecule has 2 aromatic rings. The zero-order valence-corrected chi connectivity index (χ0v) is 12.6. The third kappa shape index (κ3) is 4.88. The first-order valence-corrected chi connectivity index (χ1v) is 7.14. The second-order valence-corrected chi connectivity index (χ2v) is 5.12. The van der Waals surface area contributed by atoms with Gasteiger partial charge in [-0.2, -0.15) is 0 Å². The Morgan fingerprint density at radius 2 is 1.67 bits per heavy atom. The summed E-state index contributed by atoms with van der Waals surface area (Å²) in [5.74, 6) is 0.766. The van der Waals surface area contributed by atoms with Crippen molar-refractivity contribution in [3.63, 3.8) is 0 Å². The van der Waals surface area contributed by atoms with Crippen LogP contribution in [0.5, 0.6) is 5.75 Å². The van der Waals surface area contributed by atoms with Crippen LogP contribution >= 0.6 is 0 Å². The van der Waals surface area contributed by atoms with E-state index in [0.29, 0.717) is 6.61 Å². The summed E-state index contributed by atoms with van der Waals surface area (Å²) in [5.41, 5.74) is 3.26. The van der Waals surface area contributed by atoms with Crippen molar-refractivity contribution in [1.29, 1.82) is 0 Å². The molecule has 3 nitrogen and oxygen atoms in total. The molecular weight excluding hydrogens is 264 g/mol. The minimum atomic E-state index is -0.612. The van der Waals surface area contributed by atoms with E-state index in [4.69, 9.17) is 9.47 Å². The first-order valence-electron chi connectivity index (χ1n) is 7.14. The fourth-order valence-corrected chi connectivity index (χ4v) is 2.03. The summed E-state index contributed by atoms with van der Waals surface area (Å²) in [7, 11) is 1.70. The molecule has 0 aliphatic heterocycles. The lowest BCUT2D eigenvalue weighted by Crippen LogP contribution is -2.09. The van der Waals surface area contributed by atoms with Crippen LogP contribution < -0.4 is 4.74 Å². The molecule has 21 heavy (non-hydrogen) atoms. The van der Waals surface area contributed by atoms with Gasteiger partial charge in [0.1, 0.15) is 18.5 Å². The van der Waals surface area contributed by atoms with Crippen molar-refractivity contribution < 1.29 is 14.6 Å². The van der Waals surface area contributed by atoms with E-state index in [-0.39, 0.29) is 6.61 Å². The molecule has 0 spiro atoms. The van der Waals surface area contributed by atoms with Crippen molar-refractivity contribution in [2.75, 3.05) is 20.3 Å². The summed E-state index contributed by atoms with van der Waals surface area (Å²) in [6, 6.07) is 15.7. The summed E-state index contributed by atoms with van der Waals surface area (Å²) >= 11 is 0. The fourth-order valence-electron chi connectivity index (χ4n) is 2.03. The van der Waals surface area contributed by atoms with Crippen molar-refractivity contribution in [3.05, 3.63) is 65.2 Å². The Labute approximate surface area is 126 Å². The Bertz CT molecular complexity index is 531. The highest BCUT2D eigenvalue weighted by molar-refractivity contribution is 5.28. The monoisotopic (exact) mass is 286 g/mol. The average molecular weight is 286 g/mol. The number of aliphatic hydroxyl groups excluding tert-OH is 1. The molecular formula is C18H22O3. The third-order valence-electron chi connectivity index (χ3n) is 3.39. The summed E-state index contributed by atoms with van der Waals surface area (Å²) in [6.45, 7) is 2.99. The Balaban J connectivity index is 1.86. The lowest BCUT2D eigenvalue weighted by atomic mass is 10.1. The van der Waals surface area contributed by atoms with Gasteiger partial charge in [0, 0.05) is 7.11 Å². The van der Waals surface area contributed by atoms with E-state index in [1.54, 1.807) is 7.11 Å². The van der Waals surface area contributed by atoms with E-state index < -0.39 is 6.10 Å². The number of benzene rings is 2. The van der Waals surface area contributed by atoms with E-state index in [2.05, 4.69) is 0 Å². The fraction of sp³-hybridized carbons (Fsp3) is 0.333. The number of methoxy groups -OCH3 is 1. The Morgan fingerprint density at radius 3 is 2.29 bits per heavy atom. The van der Waals surface area contributed by atoms with E-state index in [9.17, 15) is 5.11 Å². The molecule has 0 aromatic heterocycles. The minimum Gasteiger partial charge on any atom is -0.491 e. The zero-order chi connectivity index (χ0) is 15.1. The molecule has 0 aliphatic rings. The van der Waals surface area contributed by atoms with Crippen molar-refractivity contribution in [1.82, 2.24) is 0 Å². The molecule has 0 amide bonds. The second kappa shape index (κ2) is 7.81. The van der Waals surface area contributed by atoms with Gasteiger partial charge in [0.2, 0.25) is 0 Å². The van der Waals surface area contributed by atoms with Crippen LogP contribution in [0.15, 0.2) is 48.5 Å². The van der Waals surface area contributed by atoms with E-state index in [0.717, 1.165) is 17.7 Å². The number of rotatable bonds is 7. The molecule has 112 valence electrons. The highest BCUT2D eigenvalue weighted by atomic mass is 16.5. The Morgan fingerprint density at radius 1 is 1.00 bits per heavy atom. The van der Waals surface area contributed by atoms with Crippen LogP contribution in [0, 0.1) is 6.92 Å². The summed E-state index contributed by atoms with van der Waals surface area (Å²) in [5, 5.41) is 10.1. The SMILES string of the molecule is COCCc1ccc(OCC(O)c2ccc(C)cc2)cc1. The van der Waals surface area contributed by atoms with Crippen molar-refractivity contribution in [3.8, 4) is 5.75 Å². The zero-order valence-electron chi connectivity index (χ0n) is 12.6. The number of aliphatic hydroxyl groups is 1. The smallest absolute Gasteiger partial charge is 0.119 e. The highest BCUT2D eigenvalue weighted by Gasteiger charge is 2.08. The molecule has 0 saturated carbocycles. The van der Waals surface area contributed by atoms with Crippen LogP contribution in [-0.4, -0.2) is 25.4 Å². The van der Waals surface area contributed by atoms with Gasteiger partial charge < -0.3 is 14.6 Å². The molecule has 2 rings (SSSR count). The number of hydrogen-bond acceptors (Lipinski definition) is 3. The molecule has 0 saturated heterocycles. The summed E-state index contributed by atoms with van der Waals surface area (Å²) in [4.78, 5) is 0. The lowest BCUT2D eigenvalue weighted by Gasteiger charge is -2.13. The normalized spacial score (nSPS) is 12.1. The maximum atomic E-state index is 10.1. The van der Waals surface area contributed by atoms with Gasteiger partial charge in [-0.15, -0.1) is 0 Å². The second-order valence-electron chi connectivity index (χ2n) is 5.12. The molecule has 1 unspecified atom stereocenters. The van der Waals surface area contributed by atoms with E-state index >= 15 is 0 Å². The predicted octanol–water partition coefficient (Wildman–Crippen LogP) is 3.30. The van der Waals surface area contributed by atoms with E-state index in [1.165, 1.54) is 11.1 Å². The van der Waals surface area contributed by atoms with Crippen molar-refractivity contribution in [2.45, 2.75) is 19.4 Å². The first-order chi connectivity index (χ1) is 10.2. The molecule has 0 fully saturated rings. The quantitative estimate of drug-likeness (QED) is 0.849. The predicted molar refractivity (Wildman–Crippen MR) is 83.7 cm³/mol. The molecule has 0 radical (unpaired) electrons. The maximum absolute atomic E-state index is 10.1. The highest BCUT2D eigenvalue weighted by Crippen LogP contribution is 2.17. The third-order valence-corrected chi connectivity index (χ3v) is 3.39. The average Bonchev–Trinajstić information content (AvgIpc) is 2.52. The van der Waals surface area contributed by atoms with Crippen LogP contribution in [0.3, 0.4) is 0 Å². The standard InChI is InChI=1S/C18H22O3/c1-14-3-7-16(8-4-14)18(19)13-21-17-9-5-15(6-10-17)11-12-20-2/h3-10,18-19H,11-13H2,1-2H3. The molecule has 1 atom stereocenters. The van der Waals surface area contributed by atoms with Crippen molar-refractivity contribution >= 4 is 0 Å². The van der Waals surface area contributed by atoms with Gasteiger partial charge in [-0.3, -0.25) is 0 Å². The van der Waals surface area contributed by atoms with Crippen molar-refractivity contribution in [2.24, 2.45) is 0 Å². The summed E-state index contributed by atoms with van der Waals surface area (Å²) < 4.78 is 10.7. The van der Waals surface area contributed by atoms with Gasteiger partial charge in [-0.1, -0.05) is 42.0 Å². The van der Waals surface area contributed by atoms with Gasteiger partial charge in [-0.05, 0) is 36.6 Å². The number of aryl methyl sites for hydroxylation is 1. The lowest BCUT2D eigenvalue weighted by molar-refractivity contribution is 0.108. The van der Waals surface area contributed by atoms with Crippen LogP contribution in [-0.2, 0) is 11.2 Å². The largest absolute Gasteiger partial charge is 0.491 e. The van der Waals surface area contributed by atoms with Crippen LogP contribution in [0.25, 0.3) is 0 Å². The molecule has 3 heteroatoms. The molecule has 1 N–H and O–H groups in total.